The average Bonchev–Trinajstić information content (AvgIpc) is 1.61. The summed E-state index contributed by atoms with van der Waals surface area (Å²) in [5.74, 6) is 0. The molecule has 0 aliphatic rings. The first-order chi connectivity index (χ1) is 3.63. The molecule has 0 fully saturated rings. The van der Waals surface area contributed by atoms with Crippen LogP contribution < -0.4 is 11.5 Å². The standard InChI is InChI=1S/C4H6Cl2N2/c5-3(7)1-2-4(6)8/h1-2H,7-8H2. The highest BCUT2D eigenvalue weighted by Gasteiger charge is 1.76. The van der Waals surface area contributed by atoms with Crippen LogP contribution in [0.15, 0.2) is 22.5 Å². The van der Waals surface area contributed by atoms with E-state index in [-0.39, 0.29) is 10.3 Å². The van der Waals surface area contributed by atoms with Crippen molar-refractivity contribution < 1.29 is 0 Å². The van der Waals surface area contributed by atoms with Gasteiger partial charge in [0, 0.05) is 0 Å². The molecule has 2 nitrogen and oxygen atoms in total. The van der Waals surface area contributed by atoms with E-state index in [1.54, 1.807) is 0 Å². The quantitative estimate of drug-likeness (QED) is 0.437. The molecule has 0 radical (unpaired) electrons. The van der Waals surface area contributed by atoms with Crippen LogP contribution in [0, 0.1) is 0 Å². The Morgan fingerprint density at radius 3 is 1.38 bits per heavy atom. The smallest absolute Gasteiger partial charge is 0.0992 e. The summed E-state index contributed by atoms with van der Waals surface area (Å²) in [6, 6.07) is 0. The van der Waals surface area contributed by atoms with Crippen molar-refractivity contribution >= 4 is 23.2 Å². The molecule has 0 atom stereocenters. The fourth-order valence-electron chi connectivity index (χ4n) is 0.159. The first kappa shape index (κ1) is 7.66. The Labute approximate surface area is 57.7 Å². The molecule has 0 aliphatic carbocycles. The second-order valence-corrected chi connectivity index (χ2v) is 1.98. The summed E-state index contributed by atoms with van der Waals surface area (Å²) in [6.45, 7) is 0. The van der Waals surface area contributed by atoms with E-state index in [1.807, 2.05) is 0 Å². The zero-order valence-electron chi connectivity index (χ0n) is 4.07. The number of hydrogen-bond acceptors (Lipinski definition) is 2. The second-order valence-electron chi connectivity index (χ2n) is 1.10. The maximum atomic E-state index is 5.20. The van der Waals surface area contributed by atoms with Crippen molar-refractivity contribution in [1.29, 1.82) is 0 Å². The van der Waals surface area contributed by atoms with Crippen molar-refractivity contribution in [3.8, 4) is 0 Å². The van der Waals surface area contributed by atoms with E-state index in [9.17, 15) is 0 Å². The number of halogens is 2. The largest absolute Gasteiger partial charge is 0.389 e. The van der Waals surface area contributed by atoms with Gasteiger partial charge in [0.25, 0.3) is 0 Å². The van der Waals surface area contributed by atoms with E-state index in [2.05, 4.69) is 0 Å². The SMILES string of the molecule is NC(Cl)=CC=C(N)Cl. The molecule has 0 rings (SSSR count). The van der Waals surface area contributed by atoms with E-state index in [0.717, 1.165) is 0 Å². The van der Waals surface area contributed by atoms with Crippen LogP contribution in [0.3, 0.4) is 0 Å². The number of rotatable bonds is 1. The topological polar surface area (TPSA) is 52.0 Å². The summed E-state index contributed by atoms with van der Waals surface area (Å²) < 4.78 is 0. The van der Waals surface area contributed by atoms with E-state index >= 15 is 0 Å². The maximum Gasteiger partial charge on any atom is 0.0992 e. The number of allylic oxidation sites excluding steroid dienone is 2. The van der Waals surface area contributed by atoms with Gasteiger partial charge in [-0.3, -0.25) is 0 Å². The normalized spacial score (nSPS) is 14.2. The highest BCUT2D eigenvalue weighted by atomic mass is 35.5. The third-order valence-electron chi connectivity index (χ3n) is 0.402. The lowest BCUT2D eigenvalue weighted by atomic mass is 10.6. The average molecular weight is 153 g/mol. The Balaban J connectivity index is 3.76. The molecule has 0 bridgehead atoms. The second kappa shape index (κ2) is 3.64. The van der Waals surface area contributed by atoms with Crippen molar-refractivity contribution in [2.45, 2.75) is 0 Å². The highest BCUT2D eigenvalue weighted by Crippen LogP contribution is 1.94. The zero-order chi connectivity index (χ0) is 6.57. The van der Waals surface area contributed by atoms with Gasteiger partial charge < -0.3 is 11.5 Å². The lowest BCUT2D eigenvalue weighted by Gasteiger charge is -1.81. The van der Waals surface area contributed by atoms with Crippen LogP contribution in [0.25, 0.3) is 0 Å². The lowest BCUT2D eigenvalue weighted by Crippen LogP contribution is -1.88. The summed E-state index contributed by atoms with van der Waals surface area (Å²) in [5.41, 5.74) is 10.0. The summed E-state index contributed by atoms with van der Waals surface area (Å²) in [6.07, 6.45) is 2.81. The van der Waals surface area contributed by atoms with Crippen molar-refractivity contribution in [2.75, 3.05) is 0 Å². The van der Waals surface area contributed by atoms with Gasteiger partial charge in [0.05, 0.1) is 10.3 Å². The first-order valence-corrected chi connectivity index (χ1v) is 2.62. The van der Waals surface area contributed by atoms with Crippen molar-refractivity contribution in [3.63, 3.8) is 0 Å². The van der Waals surface area contributed by atoms with Crippen LogP contribution >= 0.6 is 23.2 Å². The molecule has 0 aromatic rings. The van der Waals surface area contributed by atoms with Gasteiger partial charge in [0.1, 0.15) is 0 Å². The Hall–Kier alpha value is -0.340. The highest BCUT2D eigenvalue weighted by molar-refractivity contribution is 6.30. The zero-order valence-corrected chi connectivity index (χ0v) is 5.58. The third-order valence-corrected chi connectivity index (χ3v) is 0.654. The van der Waals surface area contributed by atoms with Gasteiger partial charge >= 0.3 is 0 Å². The lowest BCUT2D eigenvalue weighted by molar-refractivity contribution is 1.49. The Morgan fingerprint density at radius 1 is 1.00 bits per heavy atom. The van der Waals surface area contributed by atoms with Crippen LogP contribution in [0.4, 0.5) is 0 Å². The van der Waals surface area contributed by atoms with Gasteiger partial charge in [-0.1, -0.05) is 23.2 Å². The molecule has 0 aliphatic heterocycles. The van der Waals surface area contributed by atoms with Crippen LogP contribution in [0.2, 0.25) is 0 Å². The van der Waals surface area contributed by atoms with Gasteiger partial charge in [-0.25, -0.2) is 0 Å². The van der Waals surface area contributed by atoms with Gasteiger partial charge in [-0.2, -0.15) is 0 Å². The minimum absolute atomic E-state index is 0.161. The minimum atomic E-state index is 0.161. The number of hydrogen-bond donors (Lipinski definition) is 2. The van der Waals surface area contributed by atoms with E-state index < -0.39 is 0 Å². The van der Waals surface area contributed by atoms with E-state index in [4.69, 9.17) is 34.7 Å². The Bertz CT molecular complexity index is 104. The van der Waals surface area contributed by atoms with Crippen molar-refractivity contribution in [1.82, 2.24) is 0 Å². The molecule has 0 saturated carbocycles. The first-order valence-electron chi connectivity index (χ1n) is 1.87. The molecule has 0 amide bonds. The van der Waals surface area contributed by atoms with Crippen LogP contribution in [0.5, 0.6) is 0 Å². The van der Waals surface area contributed by atoms with E-state index in [1.165, 1.54) is 12.2 Å². The van der Waals surface area contributed by atoms with E-state index in [0.29, 0.717) is 0 Å². The fraction of sp³-hybridized carbons (Fsp3) is 0. The molecule has 46 valence electrons. The molecule has 0 saturated heterocycles. The summed E-state index contributed by atoms with van der Waals surface area (Å²) in [7, 11) is 0. The molecule has 0 aromatic carbocycles. The Morgan fingerprint density at radius 2 is 1.25 bits per heavy atom. The van der Waals surface area contributed by atoms with Crippen molar-refractivity contribution in [2.24, 2.45) is 11.5 Å². The van der Waals surface area contributed by atoms with Gasteiger partial charge in [0.15, 0.2) is 0 Å². The third kappa shape index (κ3) is 5.66. The van der Waals surface area contributed by atoms with Crippen molar-refractivity contribution in [3.05, 3.63) is 22.5 Å². The van der Waals surface area contributed by atoms with Gasteiger partial charge in [0.2, 0.25) is 0 Å². The molecule has 0 spiro atoms. The molecular weight excluding hydrogens is 147 g/mol. The minimum Gasteiger partial charge on any atom is -0.389 e. The van der Waals surface area contributed by atoms with Gasteiger partial charge in [-0.15, -0.1) is 0 Å². The molecule has 4 heteroatoms. The molecule has 8 heavy (non-hydrogen) atoms. The Kier molecular flexibility index (Phi) is 3.48. The van der Waals surface area contributed by atoms with Crippen LogP contribution in [0.1, 0.15) is 0 Å². The summed E-state index contributed by atoms with van der Waals surface area (Å²) >= 11 is 10.4. The fourth-order valence-corrected chi connectivity index (χ4v) is 0.285. The monoisotopic (exact) mass is 152 g/mol. The molecule has 4 N–H and O–H groups in total. The molecule has 0 heterocycles. The predicted octanol–water partition coefficient (Wildman–Crippen LogP) is 1.06. The maximum absolute atomic E-state index is 5.20. The van der Waals surface area contributed by atoms with Crippen LogP contribution in [-0.2, 0) is 0 Å². The van der Waals surface area contributed by atoms with Gasteiger partial charge in [-0.05, 0) is 12.2 Å². The summed E-state index contributed by atoms with van der Waals surface area (Å²) in [5, 5.41) is 0.321. The molecule has 0 aromatic heterocycles. The summed E-state index contributed by atoms with van der Waals surface area (Å²) in [4.78, 5) is 0. The number of nitrogens with two attached hydrogens (primary N) is 2. The predicted molar refractivity (Wildman–Crippen MR) is 36.2 cm³/mol. The van der Waals surface area contributed by atoms with Crippen LogP contribution in [-0.4, -0.2) is 0 Å². The molecular formula is C4H6Cl2N2. The molecule has 0 unspecified atom stereocenters.